The molecule has 17 heavy (non-hydrogen) atoms. The molecule has 2 aromatic rings. The van der Waals surface area contributed by atoms with Gasteiger partial charge >= 0.3 is 0 Å². The number of ether oxygens (including phenoxy) is 1. The van der Waals surface area contributed by atoms with Crippen LogP contribution in [-0.4, -0.2) is 23.0 Å². The van der Waals surface area contributed by atoms with Crippen molar-refractivity contribution >= 4 is 26.9 Å². The third-order valence-corrected chi connectivity index (χ3v) is 3.40. The van der Waals surface area contributed by atoms with Gasteiger partial charge in [-0.05, 0) is 28.8 Å². The lowest BCUT2D eigenvalue weighted by Crippen LogP contribution is -2.30. The number of halogens is 1. The van der Waals surface area contributed by atoms with E-state index >= 15 is 0 Å². The predicted molar refractivity (Wildman–Crippen MR) is 65.1 cm³/mol. The zero-order valence-electron chi connectivity index (χ0n) is 9.06. The topological polar surface area (TPSA) is 57.3 Å². The lowest BCUT2D eigenvalue weighted by Gasteiger charge is -2.22. The second kappa shape index (κ2) is 4.27. The van der Waals surface area contributed by atoms with Crippen molar-refractivity contribution < 1.29 is 9.15 Å². The number of furan rings is 1. The standard InChI is InChI=1S/C11H11BrN2O3/c12-10-5-8-9(17-10)6-13-14(11(8)15)7-1-3-16-4-2-7/h5-7H,1-4H2. The Morgan fingerprint density at radius 1 is 1.41 bits per heavy atom. The molecule has 0 radical (unpaired) electrons. The van der Waals surface area contributed by atoms with Crippen LogP contribution in [0.5, 0.6) is 0 Å². The number of rotatable bonds is 1. The maximum absolute atomic E-state index is 12.2. The van der Waals surface area contributed by atoms with Gasteiger partial charge in [0.2, 0.25) is 0 Å². The highest BCUT2D eigenvalue weighted by Gasteiger charge is 2.19. The van der Waals surface area contributed by atoms with Crippen molar-refractivity contribution in [3.8, 4) is 0 Å². The normalized spacial score (nSPS) is 17.7. The quantitative estimate of drug-likeness (QED) is 0.809. The van der Waals surface area contributed by atoms with Crippen molar-refractivity contribution in [3.63, 3.8) is 0 Å². The van der Waals surface area contributed by atoms with Crippen LogP contribution in [-0.2, 0) is 4.74 Å². The van der Waals surface area contributed by atoms with Crippen LogP contribution in [0.25, 0.3) is 11.0 Å². The van der Waals surface area contributed by atoms with Crippen molar-refractivity contribution in [1.82, 2.24) is 9.78 Å². The Bertz CT molecular complexity index is 598. The van der Waals surface area contributed by atoms with Gasteiger partial charge < -0.3 is 9.15 Å². The van der Waals surface area contributed by atoms with Crippen molar-refractivity contribution in [3.05, 3.63) is 27.3 Å². The minimum Gasteiger partial charge on any atom is -0.447 e. The van der Waals surface area contributed by atoms with Gasteiger partial charge in [-0.2, -0.15) is 5.10 Å². The molecule has 90 valence electrons. The highest BCUT2D eigenvalue weighted by Crippen LogP contribution is 2.22. The van der Waals surface area contributed by atoms with Crippen LogP contribution in [0.15, 0.2) is 26.1 Å². The largest absolute Gasteiger partial charge is 0.447 e. The molecule has 0 bridgehead atoms. The fourth-order valence-corrected chi connectivity index (χ4v) is 2.52. The molecule has 0 atom stereocenters. The van der Waals surface area contributed by atoms with Gasteiger partial charge in [-0.15, -0.1) is 0 Å². The molecule has 5 nitrogen and oxygen atoms in total. The van der Waals surface area contributed by atoms with Gasteiger partial charge in [-0.25, -0.2) is 4.68 Å². The Morgan fingerprint density at radius 2 is 2.18 bits per heavy atom. The van der Waals surface area contributed by atoms with Crippen molar-refractivity contribution in [2.75, 3.05) is 13.2 Å². The van der Waals surface area contributed by atoms with E-state index in [2.05, 4.69) is 21.0 Å². The van der Waals surface area contributed by atoms with Gasteiger partial charge in [0, 0.05) is 19.3 Å². The van der Waals surface area contributed by atoms with Crippen molar-refractivity contribution in [1.29, 1.82) is 0 Å². The fraction of sp³-hybridized carbons (Fsp3) is 0.455. The first kappa shape index (κ1) is 11.0. The Kier molecular flexibility index (Phi) is 2.76. The van der Waals surface area contributed by atoms with Crippen LogP contribution in [0.2, 0.25) is 0 Å². The number of hydrogen-bond donors (Lipinski definition) is 0. The van der Waals surface area contributed by atoms with E-state index in [1.54, 1.807) is 16.9 Å². The molecule has 3 rings (SSSR count). The molecule has 1 aliphatic rings. The van der Waals surface area contributed by atoms with Crippen LogP contribution in [0.1, 0.15) is 18.9 Å². The van der Waals surface area contributed by atoms with E-state index < -0.39 is 0 Å². The molecule has 6 heteroatoms. The Labute approximate surface area is 105 Å². The fourth-order valence-electron chi connectivity index (χ4n) is 2.12. The maximum atomic E-state index is 12.2. The van der Waals surface area contributed by atoms with Gasteiger partial charge in [-0.1, -0.05) is 0 Å². The minimum absolute atomic E-state index is 0.0937. The molecule has 0 aromatic carbocycles. The molecule has 0 aliphatic carbocycles. The molecule has 2 aromatic heterocycles. The third-order valence-electron chi connectivity index (χ3n) is 3.01. The van der Waals surface area contributed by atoms with Crippen LogP contribution < -0.4 is 5.56 Å². The second-order valence-electron chi connectivity index (χ2n) is 4.07. The van der Waals surface area contributed by atoms with Crippen LogP contribution in [0.3, 0.4) is 0 Å². The third kappa shape index (κ3) is 1.91. The number of fused-ring (bicyclic) bond motifs is 1. The Morgan fingerprint density at radius 3 is 2.94 bits per heavy atom. The van der Waals surface area contributed by atoms with E-state index in [0.29, 0.717) is 28.9 Å². The second-order valence-corrected chi connectivity index (χ2v) is 4.85. The van der Waals surface area contributed by atoms with Gasteiger partial charge in [-0.3, -0.25) is 4.79 Å². The van der Waals surface area contributed by atoms with Crippen molar-refractivity contribution in [2.45, 2.75) is 18.9 Å². The van der Waals surface area contributed by atoms with E-state index in [9.17, 15) is 4.79 Å². The maximum Gasteiger partial charge on any atom is 0.278 e. The van der Waals surface area contributed by atoms with Crippen molar-refractivity contribution in [2.24, 2.45) is 0 Å². The Hall–Kier alpha value is -1.14. The smallest absolute Gasteiger partial charge is 0.278 e. The van der Waals surface area contributed by atoms with Crippen LogP contribution in [0.4, 0.5) is 0 Å². The highest BCUT2D eigenvalue weighted by atomic mass is 79.9. The predicted octanol–water partition coefficient (Wildman–Crippen LogP) is 2.10. The Balaban J connectivity index is 2.10. The average molecular weight is 299 g/mol. The molecular weight excluding hydrogens is 288 g/mol. The molecular formula is C11H11BrN2O3. The van der Waals surface area contributed by atoms with E-state index in [1.165, 1.54) is 0 Å². The summed E-state index contributed by atoms with van der Waals surface area (Å²) in [5, 5.41) is 4.75. The molecule has 0 N–H and O–H groups in total. The zero-order valence-corrected chi connectivity index (χ0v) is 10.6. The molecule has 1 fully saturated rings. The summed E-state index contributed by atoms with van der Waals surface area (Å²) in [6.07, 6.45) is 3.26. The van der Waals surface area contributed by atoms with E-state index in [-0.39, 0.29) is 11.6 Å². The monoisotopic (exact) mass is 298 g/mol. The first-order chi connectivity index (χ1) is 8.25. The molecule has 1 saturated heterocycles. The molecule has 0 unspecified atom stereocenters. The van der Waals surface area contributed by atoms with Crippen LogP contribution in [0, 0.1) is 0 Å². The first-order valence-electron chi connectivity index (χ1n) is 5.50. The van der Waals surface area contributed by atoms with E-state index in [0.717, 1.165) is 12.8 Å². The van der Waals surface area contributed by atoms with E-state index in [1.807, 2.05) is 0 Å². The van der Waals surface area contributed by atoms with Gasteiger partial charge in [0.15, 0.2) is 10.3 Å². The summed E-state index contributed by atoms with van der Waals surface area (Å²) in [6, 6.07) is 1.82. The van der Waals surface area contributed by atoms with Gasteiger partial charge in [0.25, 0.3) is 5.56 Å². The van der Waals surface area contributed by atoms with Gasteiger partial charge in [0.1, 0.15) is 0 Å². The lowest BCUT2D eigenvalue weighted by molar-refractivity contribution is 0.0650. The lowest BCUT2D eigenvalue weighted by atomic mass is 10.1. The highest BCUT2D eigenvalue weighted by molar-refractivity contribution is 9.10. The molecule has 3 heterocycles. The van der Waals surface area contributed by atoms with Gasteiger partial charge in [0.05, 0.1) is 17.6 Å². The molecule has 0 spiro atoms. The summed E-state index contributed by atoms with van der Waals surface area (Å²) in [7, 11) is 0. The number of nitrogens with zero attached hydrogens (tertiary/aromatic N) is 2. The molecule has 0 saturated carbocycles. The summed E-state index contributed by atoms with van der Waals surface area (Å²) >= 11 is 3.22. The molecule has 0 amide bonds. The summed E-state index contributed by atoms with van der Waals surface area (Å²) in [5.41, 5.74) is 0.425. The number of aromatic nitrogens is 2. The summed E-state index contributed by atoms with van der Waals surface area (Å²) in [4.78, 5) is 12.2. The number of hydrogen-bond acceptors (Lipinski definition) is 4. The molecule has 1 aliphatic heterocycles. The average Bonchev–Trinajstić information content (AvgIpc) is 2.72. The SMILES string of the molecule is O=c1c2cc(Br)oc2cnn1C1CCOCC1. The van der Waals surface area contributed by atoms with Crippen LogP contribution >= 0.6 is 15.9 Å². The summed E-state index contributed by atoms with van der Waals surface area (Å²) in [5.74, 6) is 0. The summed E-state index contributed by atoms with van der Waals surface area (Å²) < 4.78 is 12.7. The minimum atomic E-state index is -0.0937. The first-order valence-corrected chi connectivity index (χ1v) is 6.29. The summed E-state index contributed by atoms with van der Waals surface area (Å²) in [6.45, 7) is 1.37. The van der Waals surface area contributed by atoms with E-state index in [4.69, 9.17) is 9.15 Å². The zero-order chi connectivity index (χ0) is 11.8.